The Morgan fingerprint density at radius 2 is 2.07 bits per heavy atom. The molecule has 0 aliphatic carbocycles. The fourth-order valence-electron chi connectivity index (χ4n) is 3.12. The number of carbonyl (C=O) groups excluding carboxylic acids is 1. The van der Waals surface area contributed by atoms with E-state index in [1.54, 1.807) is 6.07 Å². The van der Waals surface area contributed by atoms with Gasteiger partial charge in [-0.2, -0.15) is 0 Å². The third-order valence-corrected chi connectivity index (χ3v) is 6.59. The summed E-state index contributed by atoms with van der Waals surface area (Å²) in [5.74, 6) is 0.273. The Balaban J connectivity index is 1.85. The zero-order chi connectivity index (χ0) is 21.5. The Morgan fingerprint density at radius 1 is 1.31 bits per heavy atom. The maximum atomic E-state index is 13.5. The summed E-state index contributed by atoms with van der Waals surface area (Å²) in [4.78, 5) is 16.6. The smallest absolute Gasteiger partial charge is 0.222 e. The summed E-state index contributed by atoms with van der Waals surface area (Å²) in [6, 6.07) is 6.21. The van der Waals surface area contributed by atoms with E-state index < -0.39 is 9.84 Å². The first-order chi connectivity index (χ1) is 13.6. The maximum absolute atomic E-state index is 13.5. The zero-order valence-corrected chi connectivity index (χ0v) is 18.1. The third-order valence-electron chi connectivity index (χ3n) is 4.82. The van der Waals surface area contributed by atoms with E-state index in [1.807, 2.05) is 26.8 Å². The Labute approximate surface area is 172 Å². The van der Waals surface area contributed by atoms with Gasteiger partial charge in [-0.15, -0.1) is 0 Å². The van der Waals surface area contributed by atoms with Crippen molar-refractivity contribution in [1.82, 2.24) is 16.0 Å². The molecule has 3 N–H and O–H groups in total. The van der Waals surface area contributed by atoms with Crippen molar-refractivity contribution in [3.05, 3.63) is 35.6 Å². The minimum atomic E-state index is -3.01. The maximum Gasteiger partial charge on any atom is 0.222 e. The Kier molecular flexibility index (Phi) is 8.01. The highest BCUT2D eigenvalue weighted by Gasteiger charge is 2.28. The van der Waals surface area contributed by atoms with Crippen LogP contribution in [-0.4, -0.2) is 57.5 Å². The summed E-state index contributed by atoms with van der Waals surface area (Å²) in [5, 5.41) is 9.01. The molecule has 1 aliphatic rings. The SMILES string of the molecule is CCNC(=NCC(C)(C)c1cccc(F)c1)NCCC(=O)NC1CCS(=O)(=O)C1. The summed E-state index contributed by atoms with van der Waals surface area (Å²) in [6.45, 7) is 7.42. The van der Waals surface area contributed by atoms with Gasteiger partial charge in [-0.1, -0.05) is 26.0 Å². The van der Waals surface area contributed by atoms with Gasteiger partial charge in [0.1, 0.15) is 5.82 Å². The Bertz CT molecular complexity index is 840. The molecule has 0 bridgehead atoms. The van der Waals surface area contributed by atoms with E-state index in [4.69, 9.17) is 0 Å². The van der Waals surface area contributed by atoms with Gasteiger partial charge in [0.15, 0.2) is 15.8 Å². The molecule has 1 fully saturated rings. The van der Waals surface area contributed by atoms with E-state index in [0.29, 0.717) is 32.0 Å². The molecule has 29 heavy (non-hydrogen) atoms. The number of aliphatic imine (C=N–C) groups is 1. The molecule has 1 unspecified atom stereocenters. The molecule has 1 aliphatic heterocycles. The van der Waals surface area contributed by atoms with Gasteiger partial charge in [0, 0.05) is 31.0 Å². The molecule has 1 heterocycles. The van der Waals surface area contributed by atoms with E-state index in [2.05, 4.69) is 20.9 Å². The van der Waals surface area contributed by atoms with E-state index >= 15 is 0 Å². The number of nitrogens with zero attached hydrogens (tertiary/aromatic N) is 1. The summed E-state index contributed by atoms with van der Waals surface area (Å²) in [5.41, 5.74) is 0.512. The number of nitrogens with one attached hydrogen (secondary N) is 3. The van der Waals surface area contributed by atoms with Crippen LogP contribution in [0.4, 0.5) is 4.39 Å². The van der Waals surface area contributed by atoms with Crippen LogP contribution in [0, 0.1) is 5.82 Å². The summed E-state index contributed by atoms with van der Waals surface area (Å²) in [6.07, 6.45) is 0.689. The van der Waals surface area contributed by atoms with Gasteiger partial charge in [-0.3, -0.25) is 9.79 Å². The molecule has 1 atom stereocenters. The topological polar surface area (TPSA) is 99.7 Å². The van der Waals surface area contributed by atoms with Gasteiger partial charge in [0.25, 0.3) is 0 Å². The van der Waals surface area contributed by atoms with Crippen LogP contribution in [0.3, 0.4) is 0 Å². The van der Waals surface area contributed by atoms with Gasteiger partial charge >= 0.3 is 0 Å². The molecule has 1 aromatic carbocycles. The second kappa shape index (κ2) is 10.0. The molecule has 162 valence electrons. The zero-order valence-electron chi connectivity index (χ0n) is 17.3. The average Bonchev–Trinajstić information content (AvgIpc) is 2.98. The fraction of sp³-hybridized carbons (Fsp3) is 0.600. The van der Waals surface area contributed by atoms with Crippen molar-refractivity contribution in [3.8, 4) is 0 Å². The number of hydrogen-bond acceptors (Lipinski definition) is 4. The van der Waals surface area contributed by atoms with Crippen LogP contribution in [0.15, 0.2) is 29.3 Å². The summed E-state index contributed by atoms with van der Waals surface area (Å²) >= 11 is 0. The van der Waals surface area contributed by atoms with Crippen molar-refractivity contribution in [2.24, 2.45) is 4.99 Å². The first-order valence-corrected chi connectivity index (χ1v) is 11.7. The van der Waals surface area contributed by atoms with E-state index in [0.717, 1.165) is 5.56 Å². The van der Waals surface area contributed by atoms with Crippen LogP contribution in [-0.2, 0) is 20.0 Å². The van der Waals surface area contributed by atoms with Crippen LogP contribution in [0.5, 0.6) is 0 Å². The normalized spacial score (nSPS) is 19.0. The van der Waals surface area contributed by atoms with Gasteiger partial charge in [-0.25, -0.2) is 12.8 Å². The Hall–Kier alpha value is -2.16. The van der Waals surface area contributed by atoms with Crippen molar-refractivity contribution in [2.75, 3.05) is 31.1 Å². The lowest BCUT2D eigenvalue weighted by Crippen LogP contribution is -2.41. The minimum absolute atomic E-state index is 0.0193. The van der Waals surface area contributed by atoms with Crippen LogP contribution in [0.2, 0.25) is 0 Å². The number of sulfone groups is 1. The van der Waals surface area contributed by atoms with Crippen LogP contribution >= 0.6 is 0 Å². The van der Waals surface area contributed by atoms with Crippen molar-refractivity contribution >= 4 is 21.7 Å². The standard InChI is InChI=1S/C20H31FN4O3S/c1-4-22-19(24-14-20(2,3)15-6-5-7-16(21)12-15)23-10-8-18(26)25-17-9-11-29(27,28)13-17/h5-7,12,17H,4,8-11,13-14H2,1-3H3,(H,25,26)(H2,22,23,24). The van der Waals surface area contributed by atoms with Gasteiger partial charge in [0.05, 0.1) is 18.1 Å². The molecular formula is C20H31FN4O3S. The molecule has 7 nitrogen and oxygen atoms in total. The molecule has 1 aromatic rings. The van der Waals surface area contributed by atoms with Crippen LogP contribution < -0.4 is 16.0 Å². The second-order valence-corrected chi connectivity index (χ2v) is 10.2. The minimum Gasteiger partial charge on any atom is -0.357 e. The fourth-order valence-corrected chi connectivity index (χ4v) is 4.80. The largest absolute Gasteiger partial charge is 0.357 e. The number of halogens is 1. The summed E-state index contributed by atoms with van der Waals surface area (Å²) in [7, 11) is -3.01. The molecular weight excluding hydrogens is 395 g/mol. The lowest BCUT2D eigenvalue weighted by atomic mass is 9.85. The highest BCUT2D eigenvalue weighted by atomic mass is 32.2. The molecule has 1 amide bonds. The van der Waals surface area contributed by atoms with E-state index in [-0.39, 0.29) is 41.1 Å². The van der Waals surface area contributed by atoms with Crippen molar-refractivity contribution in [3.63, 3.8) is 0 Å². The van der Waals surface area contributed by atoms with Gasteiger partial charge in [0.2, 0.25) is 5.91 Å². The molecule has 2 rings (SSSR count). The van der Waals surface area contributed by atoms with E-state index in [9.17, 15) is 17.6 Å². The number of rotatable bonds is 8. The van der Waals surface area contributed by atoms with Crippen LogP contribution in [0.25, 0.3) is 0 Å². The first kappa shape index (κ1) is 23.1. The highest BCUT2D eigenvalue weighted by molar-refractivity contribution is 7.91. The lowest BCUT2D eigenvalue weighted by molar-refractivity contribution is -0.121. The second-order valence-electron chi connectivity index (χ2n) is 7.93. The van der Waals surface area contributed by atoms with Gasteiger partial charge < -0.3 is 16.0 Å². The Morgan fingerprint density at radius 3 is 2.69 bits per heavy atom. The third kappa shape index (κ3) is 7.64. The molecule has 0 aromatic heterocycles. The molecule has 0 radical (unpaired) electrons. The molecule has 9 heteroatoms. The lowest BCUT2D eigenvalue weighted by Gasteiger charge is -2.24. The van der Waals surface area contributed by atoms with Crippen molar-refractivity contribution < 1.29 is 17.6 Å². The monoisotopic (exact) mass is 426 g/mol. The van der Waals surface area contributed by atoms with E-state index in [1.165, 1.54) is 12.1 Å². The number of hydrogen-bond donors (Lipinski definition) is 3. The predicted molar refractivity (Wildman–Crippen MR) is 113 cm³/mol. The number of amides is 1. The van der Waals surface area contributed by atoms with Crippen molar-refractivity contribution in [2.45, 2.75) is 45.1 Å². The average molecular weight is 427 g/mol. The highest BCUT2D eigenvalue weighted by Crippen LogP contribution is 2.24. The van der Waals surface area contributed by atoms with Crippen LogP contribution in [0.1, 0.15) is 39.2 Å². The number of carbonyl (C=O) groups is 1. The summed E-state index contributed by atoms with van der Waals surface area (Å²) < 4.78 is 36.4. The molecule has 1 saturated heterocycles. The quantitative estimate of drug-likeness (QED) is 0.430. The number of guanidine groups is 1. The molecule has 0 saturated carbocycles. The first-order valence-electron chi connectivity index (χ1n) is 9.89. The molecule has 0 spiro atoms. The van der Waals surface area contributed by atoms with Gasteiger partial charge in [-0.05, 0) is 31.0 Å². The van der Waals surface area contributed by atoms with Crippen molar-refractivity contribution in [1.29, 1.82) is 0 Å². The number of benzene rings is 1. The predicted octanol–water partition coefficient (Wildman–Crippen LogP) is 1.35.